The maximum atomic E-state index is 12.2. The van der Waals surface area contributed by atoms with Gasteiger partial charge in [0, 0.05) is 16.8 Å². The van der Waals surface area contributed by atoms with Crippen LogP contribution in [0.25, 0.3) is 0 Å². The van der Waals surface area contributed by atoms with Crippen molar-refractivity contribution in [2.24, 2.45) is 0 Å². The second-order valence-electron chi connectivity index (χ2n) is 4.73. The maximum Gasteiger partial charge on any atom is 0.387 e. The van der Waals surface area contributed by atoms with E-state index in [0.717, 1.165) is 5.56 Å². The van der Waals surface area contributed by atoms with E-state index in [1.165, 1.54) is 18.2 Å². The summed E-state index contributed by atoms with van der Waals surface area (Å²) in [6.45, 7) is -0.998. The number of hydrogen-bond donors (Lipinski definition) is 1. The van der Waals surface area contributed by atoms with Crippen LogP contribution in [0.15, 0.2) is 42.5 Å². The first kappa shape index (κ1) is 16.2. The van der Waals surface area contributed by atoms with E-state index in [0.29, 0.717) is 16.3 Å². The highest BCUT2D eigenvalue weighted by molar-refractivity contribution is 6.31. The topological polar surface area (TPSA) is 38.3 Å². The minimum absolute atomic E-state index is 0.0128. The Labute approximate surface area is 131 Å². The Kier molecular flexibility index (Phi) is 5.33. The molecule has 0 heterocycles. The number of benzene rings is 2. The summed E-state index contributed by atoms with van der Waals surface area (Å²) in [4.78, 5) is 12.0. The number of halogens is 3. The fourth-order valence-electron chi connectivity index (χ4n) is 1.92. The van der Waals surface area contributed by atoms with Crippen molar-refractivity contribution in [3.05, 3.63) is 58.6 Å². The molecule has 0 atom stereocenters. The van der Waals surface area contributed by atoms with E-state index < -0.39 is 6.61 Å². The molecule has 116 valence electrons. The number of rotatable bonds is 5. The van der Waals surface area contributed by atoms with Gasteiger partial charge in [-0.15, -0.1) is 0 Å². The summed E-state index contributed by atoms with van der Waals surface area (Å²) in [5.74, 6) is -0.305. The van der Waals surface area contributed by atoms with E-state index in [1.54, 1.807) is 18.2 Å². The molecule has 3 nitrogen and oxygen atoms in total. The predicted octanol–water partition coefficient (Wildman–Crippen LogP) is 4.43. The van der Waals surface area contributed by atoms with Gasteiger partial charge in [-0.05, 0) is 36.2 Å². The van der Waals surface area contributed by atoms with Crippen LogP contribution < -0.4 is 10.1 Å². The molecule has 0 radical (unpaired) electrons. The molecule has 2 aromatic carbocycles. The lowest BCUT2D eigenvalue weighted by atomic mass is 10.1. The molecule has 1 N–H and O–H groups in total. The summed E-state index contributed by atoms with van der Waals surface area (Å²) < 4.78 is 28.6. The van der Waals surface area contributed by atoms with Gasteiger partial charge in [-0.25, -0.2) is 0 Å². The third-order valence-electron chi connectivity index (χ3n) is 2.90. The third kappa shape index (κ3) is 4.70. The van der Waals surface area contributed by atoms with Crippen LogP contribution in [0.3, 0.4) is 0 Å². The van der Waals surface area contributed by atoms with Crippen molar-refractivity contribution in [3.8, 4) is 5.75 Å². The smallest absolute Gasteiger partial charge is 0.387 e. The fourth-order valence-corrected chi connectivity index (χ4v) is 2.23. The van der Waals surface area contributed by atoms with Gasteiger partial charge >= 0.3 is 6.61 Å². The standard InChI is InChI=1S/C16H14ClF2NO2/c1-10-5-6-11(14(17)7-10)8-15(21)20-12-3-2-4-13(9-12)22-16(18)19/h2-7,9,16H,8H2,1H3,(H,20,21). The zero-order valence-electron chi connectivity index (χ0n) is 11.8. The van der Waals surface area contributed by atoms with Gasteiger partial charge in [0.2, 0.25) is 5.91 Å². The first-order chi connectivity index (χ1) is 10.4. The molecule has 0 aliphatic rings. The Balaban J connectivity index is 2.02. The number of carbonyl (C=O) groups is 1. The van der Waals surface area contributed by atoms with Gasteiger partial charge in [0.25, 0.3) is 0 Å². The largest absolute Gasteiger partial charge is 0.435 e. The van der Waals surface area contributed by atoms with E-state index in [-0.39, 0.29) is 18.1 Å². The number of carbonyl (C=O) groups excluding carboxylic acids is 1. The summed E-state index contributed by atoms with van der Waals surface area (Å²) in [5, 5.41) is 3.14. The van der Waals surface area contributed by atoms with Crippen molar-refractivity contribution >= 4 is 23.2 Å². The number of alkyl halides is 2. The summed E-state index contributed by atoms with van der Waals surface area (Å²) in [7, 11) is 0. The van der Waals surface area contributed by atoms with Gasteiger partial charge in [-0.1, -0.05) is 29.8 Å². The average Bonchev–Trinajstić information content (AvgIpc) is 2.41. The molecule has 0 aromatic heterocycles. The quantitative estimate of drug-likeness (QED) is 0.883. The summed E-state index contributed by atoms with van der Waals surface area (Å²) in [6, 6.07) is 11.3. The van der Waals surface area contributed by atoms with Crippen LogP contribution in [0.2, 0.25) is 5.02 Å². The highest BCUT2D eigenvalue weighted by Crippen LogP contribution is 2.21. The molecule has 0 saturated carbocycles. The third-order valence-corrected chi connectivity index (χ3v) is 3.25. The van der Waals surface area contributed by atoms with E-state index >= 15 is 0 Å². The summed E-state index contributed by atoms with van der Waals surface area (Å²) in [5.41, 5.74) is 2.09. The van der Waals surface area contributed by atoms with Crippen LogP contribution in [0.1, 0.15) is 11.1 Å². The Morgan fingerprint density at radius 1 is 1.27 bits per heavy atom. The van der Waals surface area contributed by atoms with E-state index in [9.17, 15) is 13.6 Å². The van der Waals surface area contributed by atoms with E-state index in [4.69, 9.17) is 11.6 Å². The number of aryl methyl sites for hydroxylation is 1. The Morgan fingerprint density at radius 2 is 2.05 bits per heavy atom. The second-order valence-corrected chi connectivity index (χ2v) is 5.13. The van der Waals surface area contributed by atoms with Crippen molar-refractivity contribution in [1.29, 1.82) is 0 Å². The fraction of sp³-hybridized carbons (Fsp3) is 0.188. The Hall–Kier alpha value is -2.14. The number of hydrogen-bond acceptors (Lipinski definition) is 2. The molecule has 2 aromatic rings. The average molecular weight is 326 g/mol. The van der Waals surface area contributed by atoms with Crippen LogP contribution in [0, 0.1) is 6.92 Å². The van der Waals surface area contributed by atoms with Crippen LogP contribution >= 0.6 is 11.6 Å². The first-order valence-electron chi connectivity index (χ1n) is 6.54. The minimum atomic E-state index is -2.91. The monoisotopic (exact) mass is 325 g/mol. The van der Waals surface area contributed by atoms with Crippen molar-refractivity contribution in [3.63, 3.8) is 0 Å². The Morgan fingerprint density at radius 3 is 2.73 bits per heavy atom. The van der Waals surface area contributed by atoms with Gasteiger partial charge in [-0.2, -0.15) is 8.78 Å². The van der Waals surface area contributed by atoms with Gasteiger partial charge in [-0.3, -0.25) is 4.79 Å². The van der Waals surface area contributed by atoms with Gasteiger partial charge in [0.1, 0.15) is 5.75 Å². The molecule has 1 amide bonds. The molecular weight excluding hydrogens is 312 g/mol. The number of nitrogens with one attached hydrogen (secondary N) is 1. The van der Waals surface area contributed by atoms with E-state index in [1.807, 2.05) is 13.0 Å². The first-order valence-corrected chi connectivity index (χ1v) is 6.91. The van der Waals surface area contributed by atoms with Crippen LogP contribution in [0.4, 0.5) is 14.5 Å². The SMILES string of the molecule is Cc1ccc(CC(=O)Nc2cccc(OC(F)F)c2)c(Cl)c1. The van der Waals surface area contributed by atoms with Crippen LogP contribution in [0.5, 0.6) is 5.75 Å². The maximum absolute atomic E-state index is 12.2. The molecule has 0 aliphatic carbocycles. The molecule has 22 heavy (non-hydrogen) atoms. The highest BCUT2D eigenvalue weighted by atomic mass is 35.5. The molecule has 0 saturated heterocycles. The Bertz CT molecular complexity index is 677. The molecule has 0 spiro atoms. The van der Waals surface area contributed by atoms with Crippen molar-refractivity contribution in [2.45, 2.75) is 20.0 Å². The van der Waals surface area contributed by atoms with Gasteiger partial charge < -0.3 is 10.1 Å². The molecule has 0 aliphatic heterocycles. The zero-order chi connectivity index (χ0) is 16.1. The zero-order valence-corrected chi connectivity index (χ0v) is 12.5. The lowest BCUT2D eigenvalue weighted by Crippen LogP contribution is -2.14. The summed E-state index contributed by atoms with van der Waals surface area (Å²) in [6.07, 6.45) is 0.0963. The number of amides is 1. The number of ether oxygens (including phenoxy) is 1. The minimum Gasteiger partial charge on any atom is -0.435 e. The van der Waals surface area contributed by atoms with Crippen LogP contribution in [-0.4, -0.2) is 12.5 Å². The summed E-state index contributed by atoms with van der Waals surface area (Å²) >= 11 is 6.08. The van der Waals surface area contributed by atoms with Crippen molar-refractivity contribution in [1.82, 2.24) is 0 Å². The molecule has 0 fully saturated rings. The lowest BCUT2D eigenvalue weighted by Gasteiger charge is -2.09. The molecule has 6 heteroatoms. The normalized spacial score (nSPS) is 10.6. The number of anilines is 1. The molecule has 2 rings (SSSR count). The van der Waals surface area contributed by atoms with Gasteiger partial charge in [0.05, 0.1) is 6.42 Å². The highest BCUT2D eigenvalue weighted by Gasteiger charge is 2.09. The second kappa shape index (κ2) is 7.22. The van der Waals surface area contributed by atoms with Crippen LogP contribution in [-0.2, 0) is 11.2 Å². The molecule has 0 unspecified atom stereocenters. The van der Waals surface area contributed by atoms with Crippen molar-refractivity contribution < 1.29 is 18.3 Å². The molecule has 0 bridgehead atoms. The predicted molar refractivity (Wildman–Crippen MR) is 81.6 cm³/mol. The van der Waals surface area contributed by atoms with E-state index in [2.05, 4.69) is 10.1 Å². The van der Waals surface area contributed by atoms with Gasteiger partial charge in [0.15, 0.2) is 0 Å². The lowest BCUT2D eigenvalue weighted by molar-refractivity contribution is -0.115. The molecular formula is C16H14ClF2NO2. The van der Waals surface area contributed by atoms with Crippen molar-refractivity contribution in [2.75, 3.05) is 5.32 Å².